The number of carbonyl (C=O) groups is 1. The van der Waals surface area contributed by atoms with Crippen LogP contribution in [0.4, 0.5) is 0 Å². The highest BCUT2D eigenvalue weighted by Crippen LogP contribution is 2.59. The monoisotopic (exact) mass is 444 g/mol. The summed E-state index contributed by atoms with van der Waals surface area (Å²) < 4.78 is 38.8. The normalized spacial score (nSPS) is 25.0. The molecule has 1 aliphatic carbocycles. The number of cyclic esters (lactones) is 1. The van der Waals surface area contributed by atoms with Gasteiger partial charge in [0.25, 0.3) is 0 Å². The number of aliphatic hydroxyl groups is 1. The Hall–Kier alpha value is -3.33. The summed E-state index contributed by atoms with van der Waals surface area (Å²) in [5.41, 5.74) is 2.02. The fraction of sp³-hybridized carbons (Fsp3) is 0.435. The van der Waals surface area contributed by atoms with Crippen LogP contribution in [-0.4, -0.2) is 52.9 Å². The lowest BCUT2D eigenvalue weighted by Crippen LogP contribution is -2.35. The second-order valence-electron chi connectivity index (χ2n) is 7.85. The number of methoxy groups -OCH3 is 4. The van der Waals surface area contributed by atoms with Crippen molar-refractivity contribution in [1.82, 2.24) is 0 Å². The first-order valence-corrected chi connectivity index (χ1v) is 10.2. The topological polar surface area (TPSA) is 102 Å². The fourth-order valence-corrected chi connectivity index (χ4v) is 5.11. The van der Waals surface area contributed by atoms with E-state index in [9.17, 15) is 9.90 Å². The summed E-state index contributed by atoms with van der Waals surface area (Å²) in [6.07, 6.45) is -0.968. The van der Waals surface area contributed by atoms with E-state index in [0.717, 1.165) is 5.56 Å². The molecule has 4 atom stereocenters. The molecule has 5 rings (SSSR count). The second-order valence-corrected chi connectivity index (χ2v) is 7.85. The van der Waals surface area contributed by atoms with Crippen molar-refractivity contribution in [2.75, 3.05) is 41.8 Å². The zero-order chi connectivity index (χ0) is 22.6. The van der Waals surface area contributed by atoms with Crippen LogP contribution in [0.15, 0.2) is 18.2 Å². The minimum atomic E-state index is -0.968. The molecule has 0 aromatic heterocycles. The van der Waals surface area contributed by atoms with Crippen molar-refractivity contribution in [2.45, 2.75) is 12.0 Å². The van der Waals surface area contributed by atoms with E-state index >= 15 is 0 Å². The third-order valence-corrected chi connectivity index (χ3v) is 6.49. The van der Waals surface area contributed by atoms with Gasteiger partial charge in [-0.25, -0.2) is 0 Å². The molecule has 1 saturated heterocycles. The first-order chi connectivity index (χ1) is 15.5. The maximum atomic E-state index is 12.9. The van der Waals surface area contributed by atoms with Gasteiger partial charge in [0.05, 0.1) is 47.1 Å². The minimum absolute atomic E-state index is 0.0500. The van der Waals surface area contributed by atoms with Crippen LogP contribution in [0.1, 0.15) is 28.7 Å². The molecule has 2 aromatic rings. The summed E-state index contributed by atoms with van der Waals surface area (Å²) in [5, 5.41) is 11.3. The van der Waals surface area contributed by atoms with Crippen LogP contribution < -0.4 is 28.4 Å². The number of fused-ring (bicyclic) bond motifs is 3. The van der Waals surface area contributed by atoms with Crippen LogP contribution in [0, 0.1) is 11.8 Å². The van der Waals surface area contributed by atoms with E-state index in [1.807, 2.05) is 12.1 Å². The molecule has 3 aliphatic rings. The molecular formula is C23H24O9. The van der Waals surface area contributed by atoms with E-state index in [1.165, 1.54) is 28.4 Å². The lowest BCUT2D eigenvalue weighted by Gasteiger charge is -2.37. The van der Waals surface area contributed by atoms with Crippen LogP contribution in [0.25, 0.3) is 0 Å². The fourth-order valence-electron chi connectivity index (χ4n) is 5.11. The molecule has 2 heterocycles. The van der Waals surface area contributed by atoms with Gasteiger partial charge in [-0.15, -0.1) is 0 Å². The van der Waals surface area contributed by atoms with Crippen molar-refractivity contribution < 1.29 is 43.1 Å². The molecule has 0 unspecified atom stereocenters. The molecule has 1 fully saturated rings. The number of carbonyl (C=O) groups excluding carboxylic acids is 1. The number of rotatable bonds is 5. The number of benzene rings is 2. The van der Waals surface area contributed by atoms with Crippen LogP contribution in [0.3, 0.4) is 0 Å². The molecule has 32 heavy (non-hydrogen) atoms. The molecule has 9 nitrogen and oxygen atoms in total. The lowest BCUT2D eigenvalue weighted by molar-refractivity contribution is -0.141. The van der Waals surface area contributed by atoms with Gasteiger partial charge in [0.1, 0.15) is 0 Å². The molecule has 0 amide bonds. The van der Waals surface area contributed by atoms with Crippen LogP contribution in [-0.2, 0) is 9.53 Å². The first-order valence-electron chi connectivity index (χ1n) is 10.2. The summed E-state index contributed by atoms with van der Waals surface area (Å²) in [7, 11) is 6.12. The molecule has 2 aromatic carbocycles. The van der Waals surface area contributed by atoms with Crippen LogP contribution >= 0.6 is 0 Å². The average Bonchev–Trinajstić information content (AvgIpc) is 3.44. The predicted octanol–water partition coefficient (Wildman–Crippen LogP) is 2.42. The predicted molar refractivity (Wildman–Crippen MR) is 110 cm³/mol. The summed E-state index contributed by atoms with van der Waals surface area (Å²) in [6.45, 7) is 0.164. The Morgan fingerprint density at radius 2 is 1.59 bits per heavy atom. The Morgan fingerprint density at radius 1 is 0.906 bits per heavy atom. The van der Waals surface area contributed by atoms with Crippen molar-refractivity contribution in [3.8, 4) is 34.5 Å². The third kappa shape index (κ3) is 2.77. The first kappa shape index (κ1) is 20.6. The SMILES string of the molecule is COc1cc([C@@H]2c3cc4c(c(OC)c3[C@@H](O)[C@H]3COC(=O)[C@@H]23)OCO4)cc(OC)c1OC. The van der Waals surface area contributed by atoms with Gasteiger partial charge in [0, 0.05) is 17.4 Å². The van der Waals surface area contributed by atoms with Crippen molar-refractivity contribution in [3.05, 3.63) is 34.9 Å². The van der Waals surface area contributed by atoms with Crippen LogP contribution in [0.2, 0.25) is 0 Å². The van der Waals surface area contributed by atoms with Gasteiger partial charge in [-0.3, -0.25) is 4.79 Å². The minimum Gasteiger partial charge on any atom is -0.493 e. The summed E-state index contributed by atoms with van der Waals surface area (Å²) in [4.78, 5) is 12.9. The number of hydrogen-bond acceptors (Lipinski definition) is 9. The van der Waals surface area contributed by atoms with Gasteiger partial charge in [0.2, 0.25) is 18.3 Å². The number of hydrogen-bond donors (Lipinski definition) is 1. The standard InChI is InChI=1S/C23H24O9/c1-26-13-5-10(6-14(27-2)20(13)28-3)16-11-7-15-21(32-9-31-15)22(29-4)18(11)19(24)12-8-30-23(25)17(12)16/h5-7,12,16-17,19,24H,8-9H2,1-4H3/t12-,16+,17+,19-/m0/s1. The van der Waals surface area contributed by atoms with Crippen molar-refractivity contribution in [3.63, 3.8) is 0 Å². The smallest absolute Gasteiger partial charge is 0.310 e. The van der Waals surface area contributed by atoms with Gasteiger partial charge in [0.15, 0.2) is 23.0 Å². The highest BCUT2D eigenvalue weighted by molar-refractivity contribution is 5.79. The van der Waals surface area contributed by atoms with E-state index in [0.29, 0.717) is 45.6 Å². The molecule has 0 bridgehead atoms. The molecule has 170 valence electrons. The molecule has 9 heteroatoms. The van der Waals surface area contributed by atoms with Crippen LogP contribution in [0.5, 0.6) is 34.5 Å². The Morgan fingerprint density at radius 3 is 2.22 bits per heavy atom. The second kappa shape index (κ2) is 7.67. The van der Waals surface area contributed by atoms with E-state index in [-0.39, 0.29) is 19.4 Å². The van der Waals surface area contributed by atoms with Gasteiger partial charge >= 0.3 is 5.97 Å². The molecule has 2 aliphatic heterocycles. The van der Waals surface area contributed by atoms with E-state index < -0.39 is 23.9 Å². The van der Waals surface area contributed by atoms with E-state index in [4.69, 9.17) is 33.2 Å². The Balaban J connectivity index is 1.79. The summed E-state index contributed by atoms with van der Waals surface area (Å²) >= 11 is 0. The van der Waals surface area contributed by atoms with Gasteiger partial charge in [-0.1, -0.05) is 0 Å². The lowest BCUT2D eigenvalue weighted by atomic mass is 9.66. The van der Waals surface area contributed by atoms with E-state index in [1.54, 1.807) is 6.07 Å². The Bertz CT molecular complexity index is 1050. The number of ether oxygens (including phenoxy) is 7. The maximum Gasteiger partial charge on any atom is 0.310 e. The number of esters is 1. The molecule has 0 radical (unpaired) electrons. The average molecular weight is 444 g/mol. The summed E-state index contributed by atoms with van der Waals surface area (Å²) in [6, 6.07) is 5.43. The largest absolute Gasteiger partial charge is 0.493 e. The van der Waals surface area contributed by atoms with Crippen molar-refractivity contribution >= 4 is 5.97 Å². The zero-order valence-electron chi connectivity index (χ0n) is 18.2. The molecular weight excluding hydrogens is 420 g/mol. The van der Waals surface area contributed by atoms with Gasteiger partial charge < -0.3 is 38.3 Å². The van der Waals surface area contributed by atoms with E-state index in [2.05, 4.69) is 0 Å². The van der Waals surface area contributed by atoms with Gasteiger partial charge in [-0.05, 0) is 29.3 Å². The Labute approximate surface area is 184 Å². The van der Waals surface area contributed by atoms with Crippen molar-refractivity contribution in [2.24, 2.45) is 11.8 Å². The molecule has 0 saturated carbocycles. The Kier molecular flexibility index (Phi) is 4.93. The number of aliphatic hydroxyl groups excluding tert-OH is 1. The highest BCUT2D eigenvalue weighted by atomic mass is 16.7. The quantitative estimate of drug-likeness (QED) is 0.697. The third-order valence-electron chi connectivity index (χ3n) is 6.49. The van der Waals surface area contributed by atoms with Gasteiger partial charge in [-0.2, -0.15) is 0 Å². The maximum absolute atomic E-state index is 12.9. The highest BCUT2D eigenvalue weighted by Gasteiger charge is 2.53. The van der Waals surface area contributed by atoms with Crippen molar-refractivity contribution in [1.29, 1.82) is 0 Å². The summed E-state index contributed by atoms with van der Waals surface area (Å²) in [5.74, 6) is 0.823. The molecule has 0 spiro atoms. The molecule has 1 N–H and O–H groups in total. The zero-order valence-corrected chi connectivity index (χ0v) is 18.2.